The molecule has 0 amide bonds. The molecule has 1 aromatic heterocycles. The first-order chi connectivity index (χ1) is 23.8. The molecule has 0 bridgehead atoms. The van der Waals surface area contributed by atoms with Crippen molar-refractivity contribution in [1.29, 1.82) is 0 Å². The molecule has 0 atom stereocenters. The summed E-state index contributed by atoms with van der Waals surface area (Å²) in [6.45, 7) is 0. The Morgan fingerprint density at radius 1 is 0.333 bits per heavy atom. The lowest BCUT2D eigenvalue weighted by Gasteiger charge is -2.26. The van der Waals surface area contributed by atoms with Gasteiger partial charge in [0.15, 0.2) is 0 Å². The summed E-state index contributed by atoms with van der Waals surface area (Å²) in [5.74, 6) is 0. The largest absolute Gasteiger partial charge is 0.310 e. The van der Waals surface area contributed by atoms with Gasteiger partial charge in [-0.2, -0.15) is 0 Å². The number of fused-ring (bicyclic) bond motifs is 4. The van der Waals surface area contributed by atoms with Crippen LogP contribution in [0.3, 0.4) is 0 Å². The second-order valence-corrected chi connectivity index (χ2v) is 12.2. The minimum Gasteiger partial charge on any atom is -0.310 e. The van der Waals surface area contributed by atoms with E-state index in [9.17, 15) is 0 Å². The third kappa shape index (κ3) is 4.83. The lowest BCUT2D eigenvalue weighted by atomic mass is 9.96. The minimum absolute atomic E-state index is 1.11. The number of hydrogen-bond acceptors (Lipinski definition) is 1. The first kappa shape index (κ1) is 27.9. The predicted octanol–water partition coefficient (Wildman–Crippen LogP) is 12.7. The zero-order chi connectivity index (χ0) is 31.9. The van der Waals surface area contributed by atoms with E-state index < -0.39 is 0 Å². The number of rotatable bonds is 6. The molecular formula is C46H32N2. The summed E-state index contributed by atoms with van der Waals surface area (Å²) < 4.78 is 2.41. The van der Waals surface area contributed by atoms with Crippen LogP contribution in [0.2, 0.25) is 0 Å². The van der Waals surface area contributed by atoms with Gasteiger partial charge in [0.25, 0.3) is 0 Å². The van der Waals surface area contributed by atoms with Crippen LogP contribution in [0.4, 0.5) is 17.1 Å². The molecule has 0 saturated carbocycles. The van der Waals surface area contributed by atoms with Gasteiger partial charge in [0, 0.05) is 33.5 Å². The maximum Gasteiger partial charge on any atom is 0.0541 e. The van der Waals surface area contributed by atoms with Crippen LogP contribution < -0.4 is 4.90 Å². The SMILES string of the molecule is c1ccc(-c2ccc(N(c3ccccc3)c3cccc(-c4cc(-n5c6ccccc6c6ccccc65)cc5ccccc45)c3)cc2)cc1. The van der Waals surface area contributed by atoms with Gasteiger partial charge in [-0.05, 0) is 93.7 Å². The van der Waals surface area contributed by atoms with Crippen LogP contribution in [-0.2, 0) is 0 Å². The fourth-order valence-electron chi connectivity index (χ4n) is 7.13. The molecule has 9 aromatic rings. The molecule has 0 spiro atoms. The summed E-state index contributed by atoms with van der Waals surface area (Å²) >= 11 is 0. The van der Waals surface area contributed by atoms with E-state index in [0.717, 1.165) is 22.7 Å². The van der Waals surface area contributed by atoms with Crippen molar-refractivity contribution in [1.82, 2.24) is 4.57 Å². The van der Waals surface area contributed by atoms with Crippen LogP contribution in [-0.4, -0.2) is 4.57 Å². The third-order valence-corrected chi connectivity index (χ3v) is 9.35. The Hall–Kier alpha value is -6.38. The molecule has 48 heavy (non-hydrogen) atoms. The minimum atomic E-state index is 1.11. The van der Waals surface area contributed by atoms with Crippen LogP contribution in [0.15, 0.2) is 194 Å². The fourth-order valence-corrected chi connectivity index (χ4v) is 7.13. The summed E-state index contributed by atoms with van der Waals surface area (Å²) in [7, 11) is 0. The summed E-state index contributed by atoms with van der Waals surface area (Å²) in [5, 5.41) is 4.98. The molecule has 8 aromatic carbocycles. The summed E-state index contributed by atoms with van der Waals surface area (Å²) in [5.41, 5.74) is 11.7. The van der Waals surface area contributed by atoms with Crippen molar-refractivity contribution in [3.05, 3.63) is 194 Å². The lowest BCUT2D eigenvalue weighted by molar-refractivity contribution is 1.19. The van der Waals surface area contributed by atoms with Gasteiger partial charge in [-0.1, -0.05) is 133 Å². The van der Waals surface area contributed by atoms with E-state index in [-0.39, 0.29) is 0 Å². The van der Waals surface area contributed by atoms with Gasteiger partial charge in [-0.15, -0.1) is 0 Å². The molecule has 0 aliphatic heterocycles. The maximum atomic E-state index is 2.41. The van der Waals surface area contributed by atoms with Gasteiger partial charge < -0.3 is 9.47 Å². The molecule has 0 unspecified atom stereocenters. The number of benzene rings is 8. The molecule has 9 rings (SSSR count). The van der Waals surface area contributed by atoms with E-state index in [2.05, 4.69) is 204 Å². The van der Waals surface area contributed by atoms with Crippen molar-refractivity contribution >= 4 is 49.6 Å². The summed E-state index contributed by atoms with van der Waals surface area (Å²) in [6.07, 6.45) is 0. The number of aromatic nitrogens is 1. The monoisotopic (exact) mass is 612 g/mol. The van der Waals surface area contributed by atoms with E-state index in [0.29, 0.717) is 0 Å². The number of nitrogens with zero attached hydrogens (tertiary/aromatic N) is 2. The molecule has 0 aliphatic carbocycles. The average Bonchev–Trinajstić information content (AvgIpc) is 3.50. The summed E-state index contributed by atoms with van der Waals surface area (Å²) in [6, 6.07) is 69.9. The molecule has 1 heterocycles. The standard InChI is InChI=1S/C46H32N2/c1-3-14-33(15-4-1)34-26-28-38(29-27-34)47(37-18-5-2-6-19-37)39-20-13-17-36(30-39)44-32-40(31-35-16-7-8-21-41(35)44)48-45-24-11-9-22-42(45)43-23-10-12-25-46(43)48/h1-32H. The Morgan fingerprint density at radius 3 is 1.56 bits per heavy atom. The molecule has 226 valence electrons. The van der Waals surface area contributed by atoms with E-state index >= 15 is 0 Å². The second-order valence-electron chi connectivity index (χ2n) is 12.2. The zero-order valence-corrected chi connectivity index (χ0v) is 26.4. The van der Waals surface area contributed by atoms with Crippen molar-refractivity contribution < 1.29 is 0 Å². The molecule has 0 N–H and O–H groups in total. The van der Waals surface area contributed by atoms with E-state index in [1.807, 2.05) is 0 Å². The Kier molecular flexibility index (Phi) is 6.84. The molecule has 0 saturated heterocycles. The smallest absolute Gasteiger partial charge is 0.0541 e. The Balaban J connectivity index is 1.22. The number of para-hydroxylation sites is 3. The first-order valence-corrected chi connectivity index (χ1v) is 16.4. The van der Waals surface area contributed by atoms with Crippen LogP contribution >= 0.6 is 0 Å². The second kappa shape index (κ2) is 11.8. The molecule has 0 radical (unpaired) electrons. The highest BCUT2D eigenvalue weighted by Crippen LogP contribution is 2.40. The van der Waals surface area contributed by atoms with Gasteiger partial charge >= 0.3 is 0 Å². The Bertz CT molecular complexity index is 2490. The third-order valence-electron chi connectivity index (χ3n) is 9.35. The highest BCUT2D eigenvalue weighted by Gasteiger charge is 2.17. The lowest BCUT2D eigenvalue weighted by Crippen LogP contribution is -2.09. The van der Waals surface area contributed by atoms with Crippen LogP contribution in [0.1, 0.15) is 0 Å². The number of anilines is 3. The Morgan fingerprint density at radius 2 is 0.854 bits per heavy atom. The highest BCUT2D eigenvalue weighted by atomic mass is 15.1. The van der Waals surface area contributed by atoms with Gasteiger partial charge in [-0.3, -0.25) is 0 Å². The van der Waals surface area contributed by atoms with Crippen LogP contribution in [0.5, 0.6) is 0 Å². The fraction of sp³-hybridized carbons (Fsp3) is 0. The van der Waals surface area contributed by atoms with Gasteiger partial charge in [0.05, 0.1) is 11.0 Å². The van der Waals surface area contributed by atoms with E-state index in [1.165, 1.54) is 54.8 Å². The van der Waals surface area contributed by atoms with Crippen molar-refractivity contribution in [3.8, 4) is 27.9 Å². The molecule has 0 aliphatic rings. The van der Waals surface area contributed by atoms with Crippen molar-refractivity contribution in [2.24, 2.45) is 0 Å². The molecule has 2 heteroatoms. The Labute approximate surface area is 280 Å². The summed E-state index contributed by atoms with van der Waals surface area (Å²) in [4.78, 5) is 2.34. The molecule has 0 fully saturated rings. The van der Waals surface area contributed by atoms with E-state index in [4.69, 9.17) is 0 Å². The number of hydrogen-bond donors (Lipinski definition) is 0. The topological polar surface area (TPSA) is 8.17 Å². The first-order valence-electron chi connectivity index (χ1n) is 16.4. The van der Waals surface area contributed by atoms with Crippen LogP contribution in [0.25, 0.3) is 60.5 Å². The average molecular weight is 613 g/mol. The van der Waals surface area contributed by atoms with Gasteiger partial charge in [0.1, 0.15) is 0 Å². The highest BCUT2D eigenvalue weighted by molar-refractivity contribution is 6.10. The van der Waals surface area contributed by atoms with Gasteiger partial charge in [-0.25, -0.2) is 0 Å². The predicted molar refractivity (Wildman–Crippen MR) is 204 cm³/mol. The van der Waals surface area contributed by atoms with Crippen molar-refractivity contribution in [2.45, 2.75) is 0 Å². The van der Waals surface area contributed by atoms with Crippen molar-refractivity contribution in [2.75, 3.05) is 4.90 Å². The zero-order valence-electron chi connectivity index (χ0n) is 26.4. The normalized spacial score (nSPS) is 11.3. The van der Waals surface area contributed by atoms with E-state index in [1.54, 1.807) is 0 Å². The molecular weight excluding hydrogens is 581 g/mol. The molecule has 2 nitrogen and oxygen atoms in total. The van der Waals surface area contributed by atoms with Gasteiger partial charge in [0.2, 0.25) is 0 Å². The quantitative estimate of drug-likeness (QED) is 0.181. The maximum absolute atomic E-state index is 2.41. The van der Waals surface area contributed by atoms with Crippen molar-refractivity contribution in [3.63, 3.8) is 0 Å². The van der Waals surface area contributed by atoms with Crippen LogP contribution in [0, 0.1) is 0 Å².